The average molecular weight is 698 g/mol. The van der Waals surface area contributed by atoms with E-state index in [1.165, 1.54) is 54.1 Å². The summed E-state index contributed by atoms with van der Waals surface area (Å²) in [5, 5.41) is 10.2. The zero-order valence-corrected chi connectivity index (χ0v) is 27.8. The van der Waals surface area contributed by atoms with Gasteiger partial charge in [-0.1, -0.05) is 30.5 Å². The van der Waals surface area contributed by atoms with Crippen molar-refractivity contribution >= 4 is 33.3 Å². The fourth-order valence-electron chi connectivity index (χ4n) is 5.74. The summed E-state index contributed by atoms with van der Waals surface area (Å²) in [6.45, 7) is 6.00. The van der Waals surface area contributed by atoms with Gasteiger partial charge >= 0.3 is 6.18 Å². The number of halogens is 4. The zero-order chi connectivity index (χ0) is 33.9. The first kappa shape index (κ1) is 34.9. The molecule has 1 amide bonds. The second-order valence-corrected chi connectivity index (χ2v) is 14.9. The number of amides is 1. The molecule has 2 fully saturated rings. The van der Waals surface area contributed by atoms with Gasteiger partial charge in [-0.25, -0.2) is 19.4 Å². The Bertz CT molecular complexity index is 1680. The highest BCUT2D eigenvalue weighted by Crippen LogP contribution is 2.59. The summed E-state index contributed by atoms with van der Waals surface area (Å²) >= 11 is 6.23. The maximum atomic E-state index is 13.1. The van der Waals surface area contributed by atoms with Gasteiger partial charge in [-0.3, -0.25) is 4.79 Å². The summed E-state index contributed by atoms with van der Waals surface area (Å²) in [7, 11) is -4.34. The first-order chi connectivity index (χ1) is 22.2. The summed E-state index contributed by atoms with van der Waals surface area (Å²) in [6.07, 6.45) is 2.69. The number of anilines is 1. The predicted molar refractivity (Wildman–Crippen MR) is 170 cm³/mol. The maximum absolute atomic E-state index is 13.1. The molecule has 1 aliphatic heterocycles. The van der Waals surface area contributed by atoms with Gasteiger partial charge in [0.05, 0.1) is 17.6 Å². The maximum Gasteiger partial charge on any atom is 0.394 e. The van der Waals surface area contributed by atoms with E-state index in [1.807, 2.05) is 4.72 Å². The van der Waals surface area contributed by atoms with E-state index in [2.05, 4.69) is 39.5 Å². The van der Waals surface area contributed by atoms with Crippen LogP contribution >= 0.6 is 11.6 Å². The lowest BCUT2D eigenvalue weighted by atomic mass is 9.93. The molecule has 0 bridgehead atoms. The van der Waals surface area contributed by atoms with E-state index >= 15 is 0 Å². The summed E-state index contributed by atoms with van der Waals surface area (Å²) in [4.78, 5) is 21.2. The molecule has 5 rings (SSSR count). The van der Waals surface area contributed by atoms with Gasteiger partial charge in [0.15, 0.2) is 10.8 Å². The van der Waals surface area contributed by atoms with Crippen LogP contribution in [0.5, 0.6) is 5.88 Å². The molecule has 1 saturated heterocycles. The lowest BCUT2D eigenvalue weighted by molar-refractivity contribution is -0.190. The molecule has 3 N–H and O–H groups in total. The van der Waals surface area contributed by atoms with Crippen molar-refractivity contribution in [1.82, 2.24) is 29.8 Å². The highest BCUT2D eigenvalue weighted by atomic mass is 35.5. The molecule has 16 heteroatoms. The van der Waals surface area contributed by atoms with Crippen LogP contribution in [0.25, 0.3) is 5.82 Å². The number of pyridine rings is 2. The van der Waals surface area contributed by atoms with Crippen molar-refractivity contribution in [2.45, 2.75) is 82.0 Å². The third-order valence-corrected chi connectivity index (χ3v) is 10.2. The molecule has 1 atom stereocenters. The van der Waals surface area contributed by atoms with Crippen LogP contribution in [0.4, 0.5) is 19.0 Å². The molecular formula is C31H39ClF3N7O4S. The number of rotatable bonds is 15. The number of unbranched alkanes of at least 4 members (excludes halogenated alkanes) is 2. The van der Waals surface area contributed by atoms with E-state index in [0.717, 1.165) is 25.8 Å². The standard InChI is InChI=1S/C31H39ClF3N7O4S/c1-29(2)19-21(20-37-29)7-4-3-5-16-36-23-8-6-9-26(38-23)47(44,45)41-28(43)22-10-11-24(39-27(22)32)42-17-12-25(40-42)46-18-15-30(13-14-30)31(33,34)35/h6,8-12,17,21,37H,3-5,7,13-16,18-20H2,1-2H3,(H,36,38)(H,41,43). The second-order valence-electron chi connectivity index (χ2n) is 12.9. The molecular weight excluding hydrogens is 659 g/mol. The number of nitrogens with zero attached hydrogens (tertiary/aromatic N) is 4. The minimum Gasteiger partial charge on any atom is -0.477 e. The van der Waals surface area contributed by atoms with Gasteiger partial charge in [-0.15, -0.1) is 5.10 Å². The number of hydrogen-bond acceptors (Lipinski definition) is 9. The van der Waals surface area contributed by atoms with Crippen LogP contribution in [0.2, 0.25) is 5.15 Å². The molecule has 1 saturated carbocycles. The van der Waals surface area contributed by atoms with Crippen molar-refractivity contribution < 1.29 is 31.1 Å². The first-order valence-corrected chi connectivity index (χ1v) is 17.5. The Morgan fingerprint density at radius 3 is 2.60 bits per heavy atom. The molecule has 0 spiro atoms. The van der Waals surface area contributed by atoms with E-state index in [1.54, 1.807) is 6.07 Å². The summed E-state index contributed by atoms with van der Waals surface area (Å²) in [5.41, 5.74) is -1.65. The normalized spacial score (nSPS) is 18.6. The SMILES string of the molecule is CC1(C)CC(CCCCCNc2cccc(S(=O)(=O)NC(=O)c3ccc(-n4ccc(OCCC5(C(F)(F)F)CC5)n4)nc3Cl)n2)CN1. The topological polar surface area (TPSA) is 140 Å². The third kappa shape index (κ3) is 8.93. The average Bonchev–Trinajstić information content (AvgIpc) is 3.52. The Morgan fingerprint density at radius 2 is 1.91 bits per heavy atom. The van der Waals surface area contributed by atoms with Gasteiger partial charge in [0, 0.05) is 24.3 Å². The summed E-state index contributed by atoms with van der Waals surface area (Å²) in [5.74, 6) is 0.353. The number of ether oxygens (including phenoxy) is 1. The molecule has 47 heavy (non-hydrogen) atoms. The van der Waals surface area contributed by atoms with Crippen molar-refractivity contribution in [2.24, 2.45) is 11.3 Å². The Morgan fingerprint density at radius 1 is 1.13 bits per heavy atom. The molecule has 1 unspecified atom stereocenters. The van der Waals surface area contributed by atoms with Gasteiger partial charge < -0.3 is 15.4 Å². The quantitative estimate of drug-likeness (QED) is 0.131. The monoisotopic (exact) mass is 697 g/mol. The van der Waals surface area contributed by atoms with Crippen LogP contribution in [-0.4, -0.2) is 65.5 Å². The Balaban J connectivity index is 1.10. The van der Waals surface area contributed by atoms with Gasteiger partial charge in [0.2, 0.25) is 5.88 Å². The highest BCUT2D eigenvalue weighted by molar-refractivity contribution is 7.90. The van der Waals surface area contributed by atoms with E-state index in [0.29, 0.717) is 18.3 Å². The van der Waals surface area contributed by atoms with Crippen molar-refractivity contribution in [2.75, 3.05) is 25.0 Å². The van der Waals surface area contributed by atoms with Gasteiger partial charge in [-0.2, -0.15) is 21.6 Å². The van der Waals surface area contributed by atoms with Crippen molar-refractivity contribution in [1.29, 1.82) is 0 Å². The molecule has 2 aliphatic rings. The van der Waals surface area contributed by atoms with Crippen LogP contribution in [0.3, 0.4) is 0 Å². The Labute approximate surface area is 277 Å². The lowest BCUT2D eigenvalue weighted by Crippen LogP contribution is -2.31. The molecule has 3 aromatic rings. The van der Waals surface area contributed by atoms with Gasteiger partial charge in [0.1, 0.15) is 11.0 Å². The van der Waals surface area contributed by atoms with Crippen LogP contribution in [0, 0.1) is 11.3 Å². The summed E-state index contributed by atoms with van der Waals surface area (Å²) in [6, 6.07) is 8.61. The van der Waals surface area contributed by atoms with Crippen molar-refractivity contribution in [3.63, 3.8) is 0 Å². The van der Waals surface area contributed by atoms with Gasteiger partial charge in [-0.05, 0) is 89.1 Å². The minimum atomic E-state index is -4.34. The number of sulfonamides is 1. The van der Waals surface area contributed by atoms with E-state index < -0.39 is 27.5 Å². The lowest BCUT2D eigenvalue weighted by Gasteiger charge is -2.18. The van der Waals surface area contributed by atoms with Gasteiger partial charge in [0.25, 0.3) is 15.9 Å². The first-order valence-electron chi connectivity index (χ1n) is 15.6. The Hall–Kier alpha value is -3.43. The number of carbonyl (C=O) groups excluding carboxylic acids is 1. The number of aromatic nitrogens is 4. The van der Waals surface area contributed by atoms with E-state index in [-0.39, 0.29) is 58.8 Å². The summed E-state index contributed by atoms with van der Waals surface area (Å²) < 4.78 is 74.0. The fraction of sp³-hybridized carbons (Fsp3) is 0.548. The number of alkyl halides is 3. The molecule has 1 aliphatic carbocycles. The van der Waals surface area contributed by atoms with E-state index in [9.17, 15) is 26.4 Å². The van der Waals surface area contributed by atoms with Crippen LogP contribution in [-0.2, 0) is 10.0 Å². The minimum absolute atomic E-state index is 0.0933. The number of hydrogen-bond donors (Lipinski definition) is 3. The molecule has 0 aromatic carbocycles. The molecule has 0 radical (unpaired) electrons. The van der Waals surface area contributed by atoms with Crippen LogP contribution in [0.15, 0.2) is 47.6 Å². The number of carbonyl (C=O) groups is 1. The molecule has 256 valence electrons. The molecule has 4 heterocycles. The van der Waals surface area contributed by atoms with E-state index in [4.69, 9.17) is 16.3 Å². The number of nitrogens with one attached hydrogen (secondary N) is 3. The third-order valence-electron chi connectivity index (χ3n) is 8.65. The Kier molecular flexibility index (Phi) is 10.4. The molecule has 11 nitrogen and oxygen atoms in total. The largest absolute Gasteiger partial charge is 0.477 e. The predicted octanol–water partition coefficient (Wildman–Crippen LogP) is 5.91. The second kappa shape index (κ2) is 14.0. The van der Waals surface area contributed by atoms with Crippen molar-refractivity contribution in [3.05, 3.63) is 53.3 Å². The highest BCUT2D eigenvalue weighted by Gasteiger charge is 2.62. The van der Waals surface area contributed by atoms with Crippen molar-refractivity contribution in [3.8, 4) is 11.7 Å². The smallest absolute Gasteiger partial charge is 0.394 e. The fourth-order valence-corrected chi connectivity index (χ4v) is 6.92. The molecule has 3 aromatic heterocycles. The van der Waals surface area contributed by atoms with Crippen LogP contribution in [0.1, 0.15) is 75.6 Å². The van der Waals surface area contributed by atoms with Crippen LogP contribution < -0.4 is 20.1 Å². The zero-order valence-electron chi connectivity index (χ0n) is 26.2.